The highest BCUT2D eigenvalue weighted by atomic mass is 32.1. The molecule has 1 amide bonds. The summed E-state index contributed by atoms with van der Waals surface area (Å²) in [6.45, 7) is 0. The van der Waals surface area contributed by atoms with Gasteiger partial charge in [0.2, 0.25) is 11.7 Å². The molecule has 9 nitrogen and oxygen atoms in total. The minimum absolute atomic E-state index is 0.000806. The predicted octanol–water partition coefficient (Wildman–Crippen LogP) is 7.03. The van der Waals surface area contributed by atoms with Gasteiger partial charge in [-0.2, -0.15) is 0 Å². The van der Waals surface area contributed by atoms with E-state index in [1.54, 1.807) is 33.5 Å². The van der Waals surface area contributed by atoms with Crippen LogP contribution in [0.5, 0.6) is 17.2 Å². The molecule has 2 heterocycles. The Labute approximate surface area is 251 Å². The van der Waals surface area contributed by atoms with E-state index < -0.39 is 0 Å². The number of methoxy groups -OCH3 is 3. The number of nitrogens with zero attached hydrogens (tertiary/aromatic N) is 2. The summed E-state index contributed by atoms with van der Waals surface area (Å²) in [5, 5.41) is 9.71. The van der Waals surface area contributed by atoms with Crippen molar-refractivity contribution in [2.24, 2.45) is 5.92 Å². The molecule has 0 bridgehead atoms. The molecule has 2 atom stereocenters. The second kappa shape index (κ2) is 11.7. The lowest BCUT2D eigenvalue weighted by atomic mass is 10.1. The maximum absolute atomic E-state index is 12.9. The lowest BCUT2D eigenvalue weighted by molar-refractivity contribution is -0.117. The van der Waals surface area contributed by atoms with Crippen molar-refractivity contribution >= 4 is 50.9 Å². The summed E-state index contributed by atoms with van der Waals surface area (Å²) in [6, 6.07) is 21.5. The van der Waals surface area contributed by atoms with E-state index in [4.69, 9.17) is 24.9 Å². The number of carbonyl (C=O) groups is 1. The minimum Gasteiger partial charge on any atom is -0.493 e. The molecule has 1 aliphatic rings. The predicted molar refractivity (Wildman–Crippen MR) is 168 cm³/mol. The fraction of sp³-hybridized carbons (Fsp3) is 0.194. The second-order valence-corrected chi connectivity index (χ2v) is 11.6. The van der Waals surface area contributed by atoms with E-state index in [9.17, 15) is 4.79 Å². The number of anilines is 4. The van der Waals surface area contributed by atoms with Crippen molar-refractivity contribution in [1.82, 2.24) is 9.97 Å². The van der Waals surface area contributed by atoms with Crippen molar-refractivity contribution in [1.29, 1.82) is 0 Å². The standard InChI is InChI=1S/C31H29N5O4S2/c1-38-24-13-20(14-25(39-2)26(24)40-3)34-31-36-28(32)27(42-31)30-35-23(16-41-30)18-10-7-11-19(12-18)33-29(37)22-15-21(22)17-8-5-4-6-9-17/h4-14,16,21-22H,15,32H2,1-3H3,(H,33,37)(H,34,36). The molecule has 0 spiro atoms. The molecule has 6 rings (SSSR count). The van der Waals surface area contributed by atoms with Crippen LogP contribution in [0.3, 0.4) is 0 Å². The van der Waals surface area contributed by atoms with Gasteiger partial charge < -0.3 is 30.6 Å². The van der Waals surface area contributed by atoms with Crippen molar-refractivity contribution in [2.45, 2.75) is 12.3 Å². The van der Waals surface area contributed by atoms with E-state index in [0.29, 0.717) is 33.9 Å². The average Bonchev–Trinajstić information content (AvgIpc) is 3.53. The number of benzene rings is 3. The van der Waals surface area contributed by atoms with Gasteiger partial charge in [0.1, 0.15) is 15.7 Å². The van der Waals surface area contributed by atoms with Crippen molar-refractivity contribution in [3.05, 3.63) is 77.7 Å². The third-order valence-electron chi connectivity index (χ3n) is 7.05. The minimum atomic E-state index is -0.000806. The van der Waals surface area contributed by atoms with E-state index in [1.807, 2.05) is 47.8 Å². The fourth-order valence-electron chi connectivity index (χ4n) is 4.87. The van der Waals surface area contributed by atoms with Crippen molar-refractivity contribution in [2.75, 3.05) is 37.7 Å². The third-order valence-corrected chi connectivity index (χ3v) is 9.03. The monoisotopic (exact) mass is 599 g/mol. The van der Waals surface area contributed by atoms with Crippen LogP contribution in [-0.2, 0) is 4.79 Å². The molecule has 11 heteroatoms. The highest BCUT2D eigenvalue weighted by Crippen LogP contribution is 2.48. The number of nitrogen functional groups attached to an aromatic ring is 1. The van der Waals surface area contributed by atoms with Crippen LogP contribution in [0, 0.1) is 5.92 Å². The molecule has 42 heavy (non-hydrogen) atoms. The summed E-state index contributed by atoms with van der Waals surface area (Å²) in [5.41, 5.74) is 10.7. The lowest BCUT2D eigenvalue weighted by Crippen LogP contribution is -2.14. The number of ether oxygens (including phenoxy) is 3. The zero-order valence-corrected chi connectivity index (χ0v) is 24.8. The highest BCUT2D eigenvalue weighted by molar-refractivity contribution is 7.23. The van der Waals surface area contributed by atoms with Crippen LogP contribution in [0.4, 0.5) is 22.3 Å². The second-order valence-electron chi connectivity index (χ2n) is 9.74. The number of amides is 1. The van der Waals surface area contributed by atoms with Crippen LogP contribution >= 0.6 is 22.7 Å². The molecule has 1 fully saturated rings. The molecule has 1 aliphatic carbocycles. The van der Waals surface area contributed by atoms with Gasteiger partial charge in [-0.1, -0.05) is 53.8 Å². The molecule has 1 saturated carbocycles. The number of aromatic nitrogens is 2. The number of nitrogens with two attached hydrogens (primary N) is 1. The maximum Gasteiger partial charge on any atom is 0.228 e. The van der Waals surface area contributed by atoms with Gasteiger partial charge in [-0.3, -0.25) is 4.79 Å². The Hall–Kier alpha value is -4.61. The zero-order valence-electron chi connectivity index (χ0n) is 23.2. The van der Waals surface area contributed by atoms with Crippen LogP contribution in [-0.4, -0.2) is 37.2 Å². The Bertz CT molecular complexity index is 1710. The smallest absolute Gasteiger partial charge is 0.228 e. The van der Waals surface area contributed by atoms with Gasteiger partial charge in [0.15, 0.2) is 16.6 Å². The van der Waals surface area contributed by atoms with Crippen molar-refractivity contribution < 1.29 is 19.0 Å². The lowest BCUT2D eigenvalue weighted by Gasteiger charge is -2.14. The van der Waals surface area contributed by atoms with E-state index in [-0.39, 0.29) is 17.7 Å². The number of nitrogens with one attached hydrogen (secondary N) is 2. The van der Waals surface area contributed by atoms with Gasteiger partial charge in [-0.15, -0.1) is 11.3 Å². The Kier molecular flexibility index (Phi) is 7.68. The van der Waals surface area contributed by atoms with Crippen LogP contribution in [0.1, 0.15) is 17.9 Å². The molecular formula is C31H29N5O4S2. The SMILES string of the molecule is COc1cc(Nc2nc(N)c(-c3nc(-c4cccc(NC(=O)C5CC5c5ccccc5)c4)cs3)s2)cc(OC)c1OC. The maximum atomic E-state index is 12.9. The van der Waals surface area contributed by atoms with Gasteiger partial charge in [-0.25, -0.2) is 9.97 Å². The molecule has 2 aromatic heterocycles. The van der Waals surface area contributed by atoms with Crippen LogP contribution in [0.2, 0.25) is 0 Å². The molecule has 5 aromatic rings. The molecule has 0 aliphatic heterocycles. The molecule has 0 radical (unpaired) electrons. The van der Waals surface area contributed by atoms with Crippen molar-refractivity contribution in [3.63, 3.8) is 0 Å². The van der Waals surface area contributed by atoms with E-state index >= 15 is 0 Å². The van der Waals surface area contributed by atoms with E-state index in [2.05, 4.69) is 27.8 Å². The Morgan fingerprint density at radius 1 is 0.929 bits per heavy atom. The number of hydrogen-bond acceptors (Lipinski definition) is 10. The highest BCUT2D eigenvalue weighted by Gasteiger charge is 2.43. The normalized spacial score (nSPS) is 15.6. The topological polar surface area (TPSA) is 121 Å². The largest absolute Gasteiger partial charge is 0.493 e. The summed E-state index contributed by atoms with van der Waals surface area (Å²) in [7, 11) is 4.70. The first-order valence-corrected chi connectivity index (χ1v) is 14.9. The van der Waals surface area contributed by atoms with Gasteiger partial charge in [0.25, 0.3) is 0 Å². The first kappa shape index (κ1) is 27.6. The van der Waals surface area contributed by atoms with Crippen molar-refractivity contribution in [3.8, 4) is 38.4 Å². The Morgan fingerprint density at radius 2 is 1.69 bits per heavy atom. The number of hydrogen-bond donors (Lipinski definition) is 3. The number of rotatable bonds is 10. The van der Waals surface area contributed by atoms with Gasteiger partial charge in [-0.05, 0) is 30.0 Å². The quantitative estimate of drug-likeness (QED) is 0.157. The summed E-state index contributed by atoms with van der Waals surface area (Å²) in [4.78, 5) is 23.0. The molecular weight excluding hydrogens is 571 g/mol. The molecule has 3 aromatic carbocycles. The van der Waals surface area contributed by atoms with Gasteiger partial charge in [0.05, 0.1) is 27.0 Å². The van der Waals surface area contributed by atoms with E-state index in [0.717, 1.165) is 33.3 Å². The van der Waals surface area contributed by atoms with E-state index in [1.165, 1.54) is 28.2 Å². The van der Waals surface area contributed by atoms with Gasteiger partial charge in [0, 0.05) is 40.4 Å². The summed E-state index contributed by atoms with van der Waals surface area (Å²) < 4.78 is 16.3. The molecule has 0 saturated heterocycles. The number of thiazole rings is 2. The molecule has 2 unspecified atom stereocenters. The Morgan fingerprint density at radius 3 is 2.40 bits per heavy atom. The first-order valence-electron chi connectivity index (χ1n) is 13.2. The first-order chi connectivity index (χ1) is 20.5. The summed E-state index contributed by atoms with van der Waals surface area (Å²) in [5.74, 6) is 2.28. The van der Waals surface area contributed by atoms with Crippen LogP contribution in [0.25, 0.3) is 21.1 Å². The Balaban J connectivity index is 1.16. The van der Waals surface area contributed by atoms with Gasteiger partial charge >= 0.3 is 0 Å². The number of carbonyl (C=O) groups excluding carboxylic acids is 1. The summed E-state index contributed by atoms with van der Waals surface area (Å²) in [6.07, 6.45) is 0.873. The average molecular weight is 600 g/mol. The third kappa shape index (κ3) is 5.61. The molecule has 214 valence electrons. The zero-order chi connectivity index (χ0) is 29.2. The van der Waals surface area contributed by atoms with Crippen LogP contribution in [0.15, 0.2) is 72.1 Å². The van der Waals surface area contributed by atoms with Crippen LogP contribution < -0.4 is 30.6 Å². The fourth-order valence-corrected chi connectivity index (χ4v) is 6.70. The molecule has 4 N–H and O–H groups in total. The summed E-state index contributed by atoms with van der Waals surface area (Å²) >= 11 is 2.89.